The Morgan fingerprint density at radius 3 is 2.68 bits per heavy atom. The van der Waals surface area contributed by atoms with Crippen molar-refractivity contribution in [1.82, 2.24) is 5.32 Å². The minimum absolute atomic E-state index is 0.0165. The zero-order chi connectivity index (χ0) is 19.3. The summed E-state index contributed by atoms with van der Waals surface area (Å²) in [6.45, 7) is 2.56. The first-order valence-electron chi connectivity index (χ1n) is 8.99. The van der Waals surface area contributed by atoms with Gasteiger partial charge in [0.2, 0.25) is 0 Å². The molecule has 0 fully saturated rings. The first-order valence-corrected chi connectivity index (χ1v) is 8.28. The summed E-state index contributed by atoms with van der Waals surface area (Å²) in [6.07, 6.45) is 1.62. The molecule has 3 nitrogen and oxygen atoms in total. The van der Waals surface area contributed by atoms with Crippen molar-refractivity contribution >= 4 is 21.9 Å². The number of rotatable bonds is 8. The van der Waals surface area contributed by atoms with Crippen LogP contribution in [0.2, 0.25) is 0 Å². The van der Waals surface area contributed by atoms with E-state index in [1.807, 2.05) is 7.05 Å². The standard InChI is InChI=1S/C18H28BrNO2/c1-17(2,13-20-4)10-7-11-18(3,16(21)22-5)14-8-6-9-15(19)12-14/h6,8-9,12,20H,7,10-11,13H2,1-5H3/i3D3. The third-order valence-corrected chi connectivity index (χ3v) is 4.41. The molecule has 0 aromatic heterocycles. The maximum atomic E-state index is 12.7. The van der Waals surface area contributed by atoms with Crippen LogP contribution in [-0.4, -0.2) is 26.7 Å². The molecule has 0 aliphatic heterocycles. The van der Waals surface area contributed by atoms with E-state index < -0.39 is 18.2 Å². The van der Waals surface area contributed by atoms with Gasteiger partial charge in [-0.1, -0.05) is 48.3 Å². The summed E-state index contributed by atoms with van der Waals surface area (Å²) in [5.74, 6) is -0.711. The van der Waals surface area contributed by atoms with Gasteiger partial charge in [-0.25, -0.2) is 0 Å². The van der Waals surface area contributed by atoms with Crippen LogP contribution >= 0.6 is 15.9 Å². The van der Waals surface area contributed by atoms with E-state index in [1.54, 1.807) is 24.3 Å². The number of halogens is 1. The average molecular weight is 373 g/mol. The molecule has 124 valence electrons. The summed E-state index contributed by atoms with van der Waals surface area (Å²) < 4.78 is 30.0. The van der Waals surface area contributed by atoms with Crippen molar-refractivity contribution in [2.45, 2.75) is 45.4 Å². The summed E-state index contributed by atoms with van der Waals surface area (Å²) >= 11 is 3.37. The topological polar surface area (TPSA) is 38.3 Å². The van der Waals surface area contributed by atoms with Crippen LogP contribution in [0.15, 0.2) is 28.7 Å². The first kappa shape index (κ1) is 14.7. The lowest BCUT2D eigenvalue weighted by Gasteiger charge is -2.30. The molecule has 0 saturated heterocycles. The molecule has 0 amide bonds. The highest BCUT2D eigenvalue weighted by molar-refractivity contribution is 9.10. The normalized spacial score (nSPS) is 17.0. The molecule has 1 N–H and O–H groups in total. The molecule has 0 aliphatic carbocycles. The van der Waals surface area contributed by atoms with Crippen molar-refractivity contribution < 1.29 is 13.6 Å². The zero-order valence-corrected chi connectivity index (χ0v) is 15.4. The van der Waals surface area contributed by atoms with Gasteiger partial charge >= 0.3 is 5.97 Å². The fourth-order valence-electron chi connectivity index (χ4n) is 2.69. The fraction of sp³-hybridized carbons (Fsp3) is 0.611. The van der Waals surface area contributed by atoms with E-state index in [2.05, 4.69) is 35.1 Å². The maximum Gasteiger partial charge on any atom is 0.315 e. The molecular formula is C18H28BrNO2. The highest BCUT2D eigenvalue weighted by Gasteiger charge is 2.36. The number of hydrogen-bond acceptors (Lipinski definition) is 3. The molecule has 0 saturated carbocycles. The minimum Gasteiger partial charge on any atom is -0.468 e. The van der Waals surface area contributed by atoms with Gasteiger partial charge in [-0.05, 0) is 56.4 Å². The number of hydrogen-bond donors (Lipinski definition) is 1. The Kier molecular flexibility index (Phi) is 5.42. The van der Waals surface area contributed by atoms with Crippen LogP contribution in [0, 0.1) is 5.41 Å². The van der Waals surface area contributed by atoms with Gasteiger partial charge in [0.1, 0.15) is 0 Å². The molecular weight excluding hydrogens is 342 g/mol. The van der Waals surface area contributed by atoms with E-state index >= 15 is 0 Å². The van der Waals surface area contributed by atoms with Crippen LogP contribution in [0.1, 0.15) is 49.6 Å². The van der Waals surface area contributed by atoms with Gasteiger partial charge in [0.05, 0.1) is 12.5 Å². The van der Waals surface area contributed by atoms with Crippen molar-refractivity contribution in [2.24, 2.45) is 5.41 Å². The number of carbonyl (C=O) groups excluding carboxylic acids is 1. The van der Waals surface area contributed by atoms with Crippen LogP contribution in [0.5, 0.6) is 0 Å². The van der Waals surface area contributed by atoms with Gasteiger partial charge in [-0.2, -0.15) is 0 Å². The van der Waals surface area contributed by atoms with E-state index in [1.165, 1.54) is 7.11 Å². The van der Waals surface area contributed by atoms with Crippen molar-refractivity contribution in [3.63, 3.8) is 0 Å². The lowest BCUT2D eigenvalue weighted by molar-refractivity contribution is -0.147. The number of nitrogens with one attached hydrogen (secondary N) is 1. The number of benzene rings is 1. The van der Waals surface area contributed by atoms with E-state index in [0.717, 1.165) is 17.4 Å². The van der Waals surface area contributed by atoms with Gasteiger partial charge in [-0.15, -0.1) is 0 Å². The average Bonchev–Trinajstić information content (AvgIpc) is 2.49. The Morgan fingerprint density at radius 2 is 2.14 bits per heavy atom. The lowest BCUT2D eigenvalue weighted by atomic mass is 9.76. The number of carbonyl (C=O) groups is 1. The molecule has 0 spiro atoms. The molecule has 0 radical (unpaired) electrons. The number of ether oxygens (including phenoxy) is 1. The SMILES string of the molecule is [2H]C([2H])([2H])C(CCCC(C)(C)CNC)(C(=O)OC)c1cccc(Br)c1. The summed E-state index contributed by atoms with van der Waals surface area (Å²) in [5.41, 5.74) is -1.19. The van der Waals surface area contributed by atoms with Crippen molar-refractivity contribution in [3.8, 4) is 0 Å². The van der Waals surface area contributed by atoms with Crippen LogP contribution in [-0.2, 0) is 14.9 Å². The Morgan fingerprint density at radius 1 is 1.41 bits per heavy atom. The van der Waals surface area contributed by atoms with Crippen molar-refractivity contribution in [1.29, 1.82) is 0 Å². The minimum atomic E-state index is -2.51. The predicted octanol–water partition coefficient (Wildman–Crippen LogP) is 4.30. The molecule has 22 heavy (non-hydrogen) atoms. The third kappa shape index (κ3) is 5.10. The molecule has 1 rings (SSSR count). The molecule has 1 atom stereocenters. The second-order valence-electron chi connectivity index (χ2n) is 6.46. The monoisotopic (exact) mass is 372 g/mol. The smallest absolute Gasteiger partial charge is 0.315 e. The second kappa shape index (κ2) is 8.11. The Labute approximate surface area is 147 Å². The highest BCUT2D eigenvalue weighted by Crippen LogP contribution is 2.34. The molecule has 4 heteroatoms. The van der Waals surface area contributed by atoms with Crippen LogP contribution in [0.25, 0.3) is 0 Å². The molecule has 0 aliphatic rings. The second-order valence-corrected chi connectivity index (χ2v) is 7.37. The Balaban J connectivity index is 3.25. The summed E-state index contributed by atoms with van der Waals surface area (Å²) in [7, 11) is 3.14. The molecule has 1 unspecified atom stereocenters. The van der Waals surface area contributed by atoms with E-state index in [0.29, 0.717) is 12.0 Å². The molecule has 1 aromatic rings. The predicted molar refractivity (Wildman–Crippen MR) is 95.1 cm³/mol. The van der Waals surface area contributed by atoms with Gasteiger partial charge < -0.3 is 10.1 Å². The highest BCUT2D eigenvalue weighted by atomic mass is 79.9. The quantitative estimate of drug-likeness (QED) is 0.691. The summed E-state index contributed by atoms with van der Waals surface area (Å²) in [4.78, 5) is 12.7. The van der Waals surface area contributed by atoms with Gasteiger partial charge in [0, 0.05) is 8.58 Å². The summed E-state index contributed by atoms with van der Waals surface area (Å²) in [6, 6.07) is 6.93. The number of esters is 1. The molecule has 1 aromatic carbocycles. The van der Waals surface area contributed by atoms with E-state index in [4.69, 9.17) is 8.85 Å². The first-order chi connectivity index (χ1) is 11.5. The Bertz CT molecular complexity index is 590. The maximum absolute atomic E-state index is 12.7. The fourth-order valence-corrected chi connectivity index (χ4v) is 3.09. The largest absolute Gasteiger partial charge is 0.468 e. The van der Waals surface area contributed by atoms with Gasteiger partial charge in [-0.3, -0.25) is 4.79 Å². The van der Waals surface area contributed by atoms with Crippen molar-refractivity contribution in [3.05, 3.63) is 34.3 Å². The molecule has 0 bridgehead atoms. The van der Waals surface area contributed by atoms with Crippen LogP contribution in [0.3, 0.4) is 0 Å². The molecule has 0 heterocycles. The van der Waals surface area contributed by atoms with E-state index in [-0.39, 0.29) is 11.8 Å². The van der Waals surface area contributed by atoms with Gasteiger partial charge in [0.15, 0.2) is 0 Å². The summed E-state index contributed by atoms with van der Waals surface area (Å²) in [5, 5.41) is 3.15. The third-order valence-electron chi connectivity index (χ3n) is 3.91. The Hall–Kier alpha value is -0.870. The van der Waals surface area contributed by atoms with Crippen molar-refractivity contribution in [2.75, 3.05) is 20.7 Å². The van der Waals surface area contributed by atoms with Crippen LogP contribution in [0.4, 0.5) is 0 Å². The van der Waals surface area contributed by atoms with Crippen LogP contribution < -0.4 is 5.32 Å². The van der Waals surface area contributed by atoms with E-state index in [9.17, 15) is 4.79 Å². The zero-order valence-electron chi connectivity index (χ0n) is 16.8. The lowest BCUT2D eigenvalue weighted by Crippen LogP contribution is -2.34. The number of methoxy groups -OCH3 is 1. The van der Waals surface area contributed by atoms with Gasteiger partial charge in [0.25, 0.3) is 0 Å².